The number of nitrogens with zero attached hydrogens (tertiary/aromatic N) is 1. The fourth-order valence-corrected chi connectivity index (χ4v) is 3.22. The Hall–Kier alpha value is -0.780. The second-order valence-electron chi connectivity index (χ2n) is 4.27. The van der Waals surface area contributed by atoms with E-state index in [-0.39, 0.29) is 27.4 Å². The Morgan fingerprint density at radius 3 is 2.37 bits per heavy atom. The Morgan fingerprint density at radius 1 is 1.37 bits per heavy atom. The zero-order chi connectivity index (χ0) is 14.8. The summed E-state index contributed by atoms with van der Waals surface area (Å²) < 4.78 is 22.7. The molecule has 0 saturated heterocycles. The number of halogens is 2. The van der Waals surface area contributed by atoms with Crippen molar-refractivity contribution in [1.29, 1.82) is 0 Å². The summed E-state index contributed by atoms with van der Waals surface area (Å²) in [4.78, 5) is 13.6. The molecule has 0 saturated carbocycles. The summed E-state index contributed by atoms with van der Waals surface area (Å²) in [5.74, 6) is -0.254. The number of hydrogen-bond donors (Lipinski definition) is 0. The van der Waals surface area contributed by atoms with Crippen LogP contribution in [0.25, 0.3) is 0 Å². The molecular weight excluding hydrogens is 309 g/mol. The van der Waals surface area contributed by atoms with Crippen LogP contribution in [0.5, 0.6) is 0 Å². The van der Waals surface area contributed by atoms with Crippen LogP contribution in [0.2, 0.25) is 5.02 Å². The van der Waals surface area contributed by atoms with E-state index >= 15 is 0 Å². The zero-order valence-electron chi connectivity index (χ0n) is 10.9. The number of carbonyl (C=O) groups is 1. The standard InChI is InChI=1S/C12H15Cl2NO3S/c1-4-15(8(2)3)12(16)9-5-6-10(13)11(7-9)19(14,17)18/h5-8H,4H2,1-3H3. The van der Waals surface area contributed by atoms with E-state index in [1.807, 2.05) is 20.8 Å². The molecule has 1 rings (SSSR count). The van der Waals surface area contributed by atoms with E-state index < -0.39 is 9.05 Å². The van der Waals surface area contributed by atoms with Crippen LogP contribution in [0.1, 0.15) is 31.1 Å². The van der Waals surface area contributed by atoms with Gasteiger partial charge in [0.05, 0.1) is 5.02 Å². The molecular formula is C12H15Cl2NO3S. The van der Waals surface area contributed by atoms with Crippen molar-refractivity contribution in [2.45, 2.75) is 31.7 Å². The first-order valence-electron chi connectivity index (χ1n) is 5.73. The molecule has 0 unspecified atom stereocenters. The van der Waals surface area contributed by atoms with Crippen molar-refractivity contribution in [1.82, 2.24) is 4.90 Å². The minimum atomic E-state index is -3.97. The lowest BCUT2D eigenvalue weighted by Gasteiger charge is -2.25. The van der Waals surface area contributed by atoms with E-state index in [4.69, 9.17) is 22.3 Å². The molecule has 4 nitrogen and oxygen atoms in total. The molecule has 0 aromatic heterocycles. The quantitative estimate of drug-likeness (QED) is 0.800. The highest BCUT2D eigenvalue weighted by Crippen LogP contribution is 2.26. The average molecular weight is 324 g/mol. The van der Waals surface area contributed by atoms with Gasteiger partial charge in [0.1, 0.15) is 4.90 Å². The third-order valence-corrected chi connectivity index (χ3v) is 4.47. The predicted octanol–water partition coefficient (Wildman–Crippen LogP) is 3.14. The Kier molecular flexibility index (Phi) is 5.24. The molecule has 1 amide bonds. The minimum Gasteiger partial charge on any atom is -0.337 e. The van der Waals surface area contributed by atoms with Gasteiger partial charge in [-0.05, 0) is 39.0 Å². The van der Waals surface area contributed by atoms with Crippen LogP contribution < -0.4 is 0 Å². The summed E-state index contributed by atoms with van der Waals surface area (Å²) in [6, 6.07) is 4.07. The molecule has 106 valence electrons. The number of benzene rings is 1. The van der Waals surface area contributed by atoms with Crippen molar-refractivity contribution < 1.29 is 13.2 Å². The largest absolute Gasteiger partial charge is 0.337 e. The van der Waals surface area contributed by atoms with Crippen LogP contribution in [0.15, 0.2) is 23.1 Å². The van der Waals surface area contributed by atoms with Crippen molar-refractivity contribution in [3.8, 4) is 0 Å². The fraction of sp³-hybridized carbons (Fsp3) is 0.417. The number of carbonyl (C=O) groups excluding carboxylic acids is 1. The van der Waals surface area contributed by atoms with E-state index in [2.05, 4.69) is 0 Å². The Labute approximate surface area is 122 Å². The van der Waals surface area contributed by atoms with E-state index in [0.29, 0.717) is 6.54 Å². The molecule has 1 aromatic carbocycles. The molecule has 0 aliphatic carbocycles. The molecule has 0 fully saturated rings. The molecule has 0 N–H and O–H groups in total. The Balaban J connectivity index is 3.27. The van der Waals surface area contributed by atoms with Crippen molar-refractivity contribution >= 4 is 37.2 Å². The first-order chi connectivity index (χ1) is 8.68. The normalized spacial score (nSPS) is 11.7. The van der Waals surface area contributed by atoms with Gasteiger partial charge in [0, 0.05) is 28.8 Å². The van der Waals surface area contributed by atoms with Crippen LogP contribution in [-0.4, -0.2) is 31.8 Å². The first kappa shape index (κ1) is 16.3. The third kappa shape index (κ3) is 3.84. The minimum absolute atomic E-state index is 0.000791. The van der Waals surface area contributed by atoms with Crippen molar-refractivity contribution in [3.63, 3.8) is 0 Å². The van der Waals surface area contributed by atoms with E-state index in [9.17, 15) is 13.2 Å². The molecule has 19 heavy (non-hydrogen) atoms. The van der Waals surface area contributed by atoms with Crippen molar-refractivity contribution in [2.75, 3.05) is 6.54 Å². The number of amides is 1. The highest BCUT2D eigenvalue weighted by atomic mass is 35.7. The summed E-state index contributed by atoms with van der Waals surface area (Å²) in [7, 11) is 1.31. The summed E-state index contributed by atoms with van der Waals surface area (Å²) in [5.41, 5.74) is 0.249. The number of rotatable bonds is 4. The summed E-state index contributed by atoms with van der Waals surface area (Å²) in [5, 5.41) is -0.000791. The summed E-state index contributed by atoms with van der Waals surface area (Å²) in [6.45, 7) is 6.15. The monoisotopic (exact) mass is 323 g/mol. The van der Waals surface area contributed by atoms with Crippen molar-refractivity contribution in [3.05, 3.63) is 28.8 Å². The van der Waals surface area contributed by atoms with Crippen molar-refractivity contribution in [2.24, 2.45) is 0 Å². The van der Waals surface area contributed by atoms with Gasteiger partial charge in [-0.1, -0.05) is 11.6 Å². The average Bonchev–Trinajstić information content (AvgIpc) is 2.28. The van der Waals surface area contributed by atoms with Gasteiger partial charge in [-0.15, -0.1) is 0 Å². The molecule has 0 spiro atoms. The van der Waals surface area contributed by atoms with Gasteiger partial charge in [0.2, 0.25) is 0 Å². The maximum absolute atomic E-state index is 12.3. The molecule has 7 heteroatoms. The van der Waals surface area contributed by atoms with E-state index in [1.54, 1.807) is 4.90 Å². The summed E-state index contributed by atoms with van der Waals surface area (Å²) >= 11 is 5.77. The highest BCUT2D eigenvalue weighted by Gasteiger charge is 2.21. The summed E-state index contributed by atoms with van der Waals surface area (Å²) in [6.07, 6.45) is 0. The van der Waals surface area contributed by atoms with Crippen LogP contribution in [0.3, 0.4) is 0 Å². The molecule has 0 radical (unpaired) electrons. The molecule has 1 aromatic rings. The molecule has 0 aliphatic heterocycles. The Morgan fingerprint density at radius 2 is 1.95 bits per heavy atom. The van der Waals surface area contributed by atoms with Gasteiger partial charge < -0.3 is 4.90 Å². The van der Waals surface area contributed by atoms with E-state index in [1.165, 1.54) is 18.2 Å². The fourth-order valence-electron chi connectivity index (χ4n) is 1.73. The Bertz CT molecular complexity index is 585. The molecule has 0 atom stereocenters. The smallest absolute Gasteiger partial charge is 0.262 e. The number of hydrogen-bond acceptors (Lipinski definition) is 3. The van der Waals surface area contributed by atoms with Gasteiger partial charge >= 0.3 is 0 Å². The van der Waals surface area contributed by atoms with Gasteiger partial charge in [-0.25, -0.2) is 8.42 Å². The molecule has 0 heterocycles. The lowest BCUT2D eigenvalue weighted by atomic mass is 10.1. The third-order valence-electron chi connectivity index (χ3n) is 2.67. The molecule has 0 bridgehead atoms. The lowest BCUT2D eigenvalue weighted by molar-refractivity contribution is 0.0716. The maximum atomic E-state index is 12.3. The second-order valence-corrected chi connectivity index (χ2v) is 7.21. The van der Waals surface area contributed by atoms with Gasteiger partial charge in [-0.3, -0.25) is 4.79 Å². The lowest BCUT2D eigenvalue weighted by Crippen LogP contribution is -2.36. The van der Waals surface area contributed by atoms with Gasteiger partial charge in [-0.2, -0.15) is 0 Å². The topological polar surface area (TPSA) is 54.5 Å². The van der Waals surface area contributed by atoms with Gasteiger partial charge in [0.15, 0.2) is 0 Å². The van der Waals surface area contributed by atoms with Crippen LogP contribution >= 0.6 is 22.3 Å². The predicted molar refractivity (Wildman–Crippen MR) is 76.3 cm³/mol. The zero-order valence-corrected chi connectivity index (χ0v) is 13.2. The maximum Gasteiger partial charge on any atom is 0.262 e. The van der Waals surface area contributed by atoms with Gasteiger partial charge in [0.25, 0.3) is 15.0 Å². The first-order valence-corrected chi connectivity index (χ1v) is 8.42. The van der Waals surface area contributed by atoms with Crippen LogP contribution in [-0.2, 0) is 9.05 Å². The SMILES string of the molecule is CCN(C(=O)c1ccc(Cl)c(S(=O)(=O)Cl)c1)C(C)C. The van der Waals surface area contributed by atoms with E-state index in [0.717, 1.165) is 0 Å². The molecule has 0 aliphatic rings. The highest BCUT2D eigenvalue weighted by molar-refractivity contribution is 8.13. The van der Waals surface area contributed by atoms with Crippen LogP contribution in [0.4, 0.5) is 0 Å². The van der Waals surface area contributed by atoms with Crippen LogP contribution in [0, 0.1) is 0 Å². The second kappa shape index (κ2) is 6.11.